The van der Waals surface area contributed by atoms with E-state index in [0.717, 1.165) is 45.1 Å². The molecule has 2 fully saturated rings. The summed E-state index contributed by atoms with van der Waals surface area (Å²) in [4.78, 5) is 13.0. The lowest BCUT2D eigenvalue weighted by molar-refractivity contribution is -0.141. The third kappa shape index (κ3) is 2.25. The van der Waals surface area contributed by atoms with E-state index >= 15 is 0 Å². The van der Waals surface area contributed by atoms with Gasteiger partial charge in [0.25, 0.3) is 0 Å². The highest BCUT2D eigenvalue weighted by Gasteiger charge is 2.29. The SMILES string of the molecule is O=C(O)C1CCN(CC2CCNC2)C1. The van der Waals surface area contributed by atoms with Crippen LogP contribution in [-0.2, 0) is 4.79 Å². The predicted molar refractivity (Wildman–Crippen MR) is 53.2 cm³/mol. The molecule has 0 aromatic heterocycles. The molecule has 80 valence electrons. The standard InChI is InChI=1S/C10H18N2O2/c13-10(14)9-2-4-12(7-9)6-8-1-3-11-5-8/h8-9,11H,1-7H2,(H,13,14). The molecule has 0 aliphatic carbocycles. The Balaban J connectivity index is 1.75. The normalized spacial score (nSPS) is 33.7. The van der Waals surface area contributed by atoms with Gasteiger partial charge < -0.3 is 15.3 Å². The lowest BCUT2D eigenvalue weighted by Gasteiger charge is -2.19. The quantitative estimate of drug-likeness (QED) is 0.670. The molecule has 0 amide bonds. The number of hydrogen-bond acceptors (Lipinski definition) is 3. The average Bonchev–Trinajstić information content (AvgIpc) is 2.75. The lowest BCUT2D eigenvalue weighted by atomic mass is 10.1. The minimum Gasteiger partial charge on any atom is -0.481 e. The minimum absolute atomic E-state index is 0.121. The van der Waals surface area contributed by atoms with E-state index in [4.69, 9.17) is 5.11 Å². The lowest BCUT2D eigenvalue weighted by Crippen LogP contribution is -2.29. The van der Waals surface area contributed by atoms with E-state index in [1.807, 2.05) is 0 Å². The second-order valence-electron chi connectivity index (χ2n) is 4.44. The van der Waals surface area contributed by atoms with E-state index in [-0.39, 0.29) is 5.92 Å². The van der Waals surface area contributed by atoms with E-state index in [0.29, 0.717) is 0 Å². The van der Waals surface area contributed by atoms with Crippen molar-refractivity contribution in [3.05, 3.63) is 0 Å². The second-order valence-corrected chi connectivity index (χ2v) is 4.44. The molecule has 2 aliphatic heterocycles. The highest BCUT2D eigenvalue weighted by atomic mass is 16.4. The Bertz CT molecular complexity index is 214. The van der Waals surface area contributed by atoms with Gasteiger partial charge in [-0.2, -0.15) is 0 Å². The number of aliphatic carboxylic acids is 1. The first-order valence-electron chi connectivity index (χ1n) is 5.41. The van der Waals surface area contributed by atoms with Gasteiger partial charge in [-0.1, -0.05) is 0 Å². The molecule has 2 rings (SSSR count). The summed E-state index contributed by atoms with van der Waals surface area (Å²) < 4.78 is 0. The number of likely N-dealkylation sites (tertiary alicyclic amines) is 1. The molecule has 0 aromatic carbocycles. The molecule has 14 heavy (non-hydrogen) atoms. The maximum Gasteiger partial charge on any atom is 0.307 e. The van der Waals surface area contributed by atoms with E-state index < -0.39 is 5.97 Å². The Hall–Kier alpha value is -0.610. The fourth-order valence-electron chi connectivity index (χ4n) is 2.44. The highest BCUT2D eigenvalue weighted by Crippen LogP contribution is 2.19. The Morgan fingerprint density at radius 1 is 1.50 bits per heavy atom. The van der Waals surface area contributed by atoms with Crippen molar-refractivity contribution in [2.24, 2.45) is 11.8 Å². The van der Waals surface area contributed by atoms with Crippen LogP contribution in [0, 0.1) is 11.8 Å². The average molecular weight is 198 g/mol. The Labute approximate surface area is 84.3 Å². The molecule has 2 aliphatic rings. The molecule has 4 heteroatoms. The Kier molecular flexibility index (Phi) is 3.03. The van der Waals surface area contributed by atoms with Crippen LogP contribution < -0.4 is 5.32 Å². The van der Waals surface area contributed by atoms with Gasteiger partial charge in [-0.15, -0.1) is 0 Å². The fourth-order valence-corrected chi connectivity index (χ4v) is 2.44. The van der Waals surface area contributed by atoms with Crippen molar-refractivity contribution in [1.82, 2.24) is 10.2 Å². The molecular weight excluding hydrogens is 180 g/mol. The smallest absolute Gasteiger partial charge is 0.307 e. The van der Waals surface area contributed by atoms with Gasteiger partial charge >= 0.3 is 5.97 Å². The number of hydrogen-bond donors (Lipinski definition) is 2. The van der Waals surface area contributed by atoms with Crippen molar-refractivity contribution in [3.8, 4) is 0 Å². The molecule has 2 N–H and O–H groups in total. The Morgan fingerprint density at radius 2 is 2.36 bits per heavy atom. The molecule has 2 heterocycles. The maximum atomic E-state index is 10.7. The number of carbonyl (C=O) groups is 1. The van der Waals surface area contributed by atoms with Gasteiger partial charge in [0.05, 0.1) is 5.92 Å². The topological polar surface area (TPSA) is 52.6 Å². The molecule has 2 atom stereocenters. The van der Waals surface area contributed by atoms with Crippen LogP contribution in [0.15, 0.2) is 0 Å². The summed E-state index contributed by atoms with van der Waals surface area (Å²) in [5, 5.41) is 12.2. The van der Waals surface area contributed by atoms with Gasteiger partial charge in [0, 0.05) is 13.1 Å². The minimum atomic E-state index is -0.628. The van der Waals surface area contributed by atoms with Crippen LogP contribution in [0.2, 0.25) is 0 Å². The van der Waals surface area contributed by atoms with Gasteiger partial charge in [0.2, 0.25) is 0 Å². The molecule has 0 saturated carbocycles. The molecule has 0 aromatic rings. The van der Waals surface area contributed by atoms with Crippen molar-refractivity contribution >= 4 is 5.97 Å². The number of carboxylic acid groups (broad SMARTS) is 1. The summed E-state index contributed by atoms with van der Waals surface area (Å²) in [5.41, 5.74) is 0. The molecule has 2 unspecified atom stereocenters. The molecule has 4 nitrogen and oxygen atoms in total. The number of nitrogens with zero attached hydrogens (tertiary/aromatic N) is 1. The van der Waals surface area contributed by atoms with Crippen molar-refractivity contribution in [2.45, 2.75) is 12.8 Å². The number of carboxylic acids is 1. The Morgan fingerprint density at radius 3 is 2.93 bits per heavy atom. The van der Waals surface area contributed by atoms with Crippen molar-refractivity contribution in [1.29, 1.82) is 0 Å². The molecule has 2 saturated heterocycles. The van der Waals surface area contributed by atoms with E-state index in [1.54, 1.807) is 0 Å². The molecule has 0 radical (unpaired) electrons. The third-order valence-electron chi connectivity index (χ3n) is 3.30. The summed E-state index contributed by atoms with van der Waals surface area (Å²) in [6.45, 7) is 5.03. The van der Waals surface area contributed by atoms with Crippen LogP contribution in [0.5, 0.6) is 0 Å². The van der Waals surface area contributed by atoms with Gasteiger partial charge in [-0.3, -0.25) is 4.79 Å². The van der Waals surface area contributed by atoms with Crippen LogP contribution in [0.1, 0.15) is 12.8 Å². The molecule has 0 spiro atoms. The van der Waals surface area contributed by atoms with Gasteiger partial charge in [0.1, 0.15) is 0 Å². The summed E-state index contributed by atoms with van der Waals surface area (Å²) in [6, 6.07) is 0. The zero-order valence-corrected chi connectivity index (χ0v) is 8.41. The summed E-state index contributed by atoms with van der Waals surface area (Å²) in [5.74, 6) is -0.0102. The van der Waals surface area contributed by atoms with Crippen LogP contribution in [0.25, 0.3) is 0 Å². The second kappa shape index (κ2) is 4.28. The molecule has 0 bridgehead atoms. The first-order chi connectivity index (χ1) is 6.75. The van der Waals surface area contributed by atoms with Crippen LogP contribution in [-0.4, -0.2) is 48.7 Å². The first-order valence-corrected chi connectivity index (χ1v) is 5.41. The highest BCUT2D eigenvalue weighted by molar-refractivity contribution is 5.70. The van der Waals surface area contributed by atoms with Crippen molar-refractivity contribution in [2.75, 3.05) is 32.7 Å². The fraction of sp³-hybridized carbons (Fsp3) is 0.900. The summed E-state index contributed by atoms with van der Waals surface area (Å²) >= 11 is 0. The monoisotopic (exact) mass is 198 g/mol. The van der Waals surface area contributed by atoms with Crippen LogP contribution in [0.3, 0.4) is 0 Å². The zero-order chi connectivity index (χ0) is 9.97. The van der Waals surface area contributed by atoms with E-state index in [9.17, 15) is 4.79 Å². The summed E-state index contributed by atoms with van der Waals surface area (Å²) in [6.07, 6.45) is 2.07. The van der Waals surface area contributed by atoms with Gasteiger partial charge in [-0.05, 0) is 38.4 Å². The number of nitrogens with one attached hydrogen (secondary N) is 1. The van der Waals surface area contributed by atoms with Crippen molar-refractivity contribution in [3.63, 3.8) is 0 Å². The van der Waals surface area contributed by atoms with Gasteiger partial charge in [0.15, 0.2) is 0 Å². The first kappa shape index (κ1) is 9.93. The summed E-state index contributed by atoms with van der Waals surface area (Å²) in [7, 11) is 0. The predicted octanol–water partition coefficient (Wildman–Crippen LogP) is 0.00240. The third-order valence-corrected chi connectivity index (χ3v) is 3.30. The maximum absolute atomic E-state index is 10.7. The zero-order valence-electron chi connectivity index (χ0n) is 8.41. The molecular formula is C10H18N2O2. The number of rotatable bonds is 3. The van der Waals surface area contributed by atoms with Crippen LogP contribution >= 0.6 is 0 Å². The van der Waals surface area contributed by atoms with Crippen molar-refractivity contribution < 1.29 is 9.90 Å². The largest absolute Gasteiger partial charge is 0.481 e. The van der Waals surface area contributed by atoms with Gasteiger partial charge in [-0.25, -0.2) is 0 Å². The van der Waals surface area contributed by atoms with E-state index in [1.165, 1.54) is 6.42 Å². The van der Waals surface area contributed by atoms with Crippen LogP contribution in [0.4, 0.5) is 0 Å². The van der Waals surface area contributed by atoms with E-state index in [2.05, 4.69) is 10.2 Å².